The third kappa shape index (κ3) is 2.79. The monoisotopic (exact) mass is 368 g/mol. The molecule has 0 bridgehead atoms. The summed E-state index contributed by atoms with van der Waals surface area (Å²) in [5.74, 6) is 1.29. The molecule has 3 aromatic heterocycles. The summed E-state index contributed by atoms with van der Waals surface area (Å²) in [4.78, 5) is 4.60. The van der Waals surface area contributed by atoms with E-state index in [9.17, 15) is 5.26 Å². The number of hydrogen-bond acceptors (Lipinski definition) is 4. The number of nitriles is 1. The lowest BCUT2D eigenvalue weighted by Crippen LogP contribution is -2.16. The van der Waals surface area contributed by atoms with Gasteiger partial charge in [-0.3, -0.25) is 4.98 Å². The molecule has 1 saturated carbocycles. The molecule has 1 fully saturated rings. The smallest absolute Gasteiger partial charge is 0.141 e. The van der Waals surface area contributed by atoms with Crippen LogP contribution in [0.5, 0.6) is 0 Å². The summed E-state index contributed by atoms with van der Waals surface area (Å²) >= 11 is 6.47. The van der Waals surface area contributed by atoms with Crippen molar-refractivity contribution in [2.75, 3.05) is 0 Å². The van der Waals surface area contributed by atoms with E-state index in [2.05, 4.69) is 26.8 Å². The molecule has 26 heavy (non-hydrogen) atoms. The molecule has 4 rings (SSSR count). The van der Waals surface area contributed by atoms with Gasteiger partial charge in [0, 0.05) is 29.6 Å². The molecule has 1 aliphatic rings. The van der Waals surface area contributed by atoms with Crippen LogP contribution >= 0.6 is 11.6 Å². The van der Waals surface area contributed by atoms with Gasteiger partial charge >= 0.3 is 0 Å². The van der Waals surface area contributed by atoms with Gasteiger partial charge in [0.15, 0.2) is 0 Å². The zero-order valence-electron chi connectivity index (χ0n) is 15.0. The fraction of sp³-hybridized carbons (Fsp3) is 0.450. The van der Waals surface area contributed by atoms with Gasteiger partial charge < -0.3 is 9.09 Å². The van der Waals surface area contributed by atoms with Crippen LogP contribution in [0.3, 0.4) is 0 Å². The number of halogens is 1. The van der Waals surface area contributed by atoms with Gasteiger partial charge in [0.1, 0.15) is 11.3 Å². The summed E-state index contributed by atoms with van der Waals surface area (Å²) in [5, 5.41) is 14.1. The Bertz CT molecular complexity index is 972. The van der Waals surface area contributed by atoms with E-state index in [0.717, 1.165) is 33.6 Å². The summed E-state index contributed by atoms with van der Waals surface area (Å²) < 4.78 is 7.48. The van der Waals surface area contributed by atoms with Crippen LogP contribution in [0.1, 0.15) is 49.6 Å². The van der Waals surface area contributed by atoms with E-state index in [1.165, 1.54) is 25.7 Å². The van der Waals surface area contributed by atoms with Gasteiger partial charge in [-0.25, -0.2) is 0 Å². The highest BCUT2D eigenvalue weighted by atomic mass is 35.5. The van der Waals surface area contributed by atoms with Gasteiger partial charge in [0.2, 0.25) is 0 Å². The van der Waals surface area contributed by atoms with Gasteiger partial charge in [0.25, 0.3) is 0 Å². The fourth-order valence-electron chi connectivity index (χ4n) is 4.32. The fourth-order valence-corrected chi connectivity index (χ4v) is 4.57. The maximum Gasteiger partial charge on any atom is 0.141 e. The SMILES string of the molecule is Cc1noc(C)c1-c1cnc2c(Cl)cn(C(CC#N)C3CCCC3)c2c1. The average Bonchev–Trinajstić information content (AvgIpc) is 3.34. The van der Waals surface area contributed by atoms with Crippen LogP contribution < -0.4 is 0 Å². The Morgan fingerprint density at radius 3 is 2.81 bits per heavy atom. The molecule has 6 heteroatoms. The summed E-state index contributed by atoms with van der Waals surface area (Å²) in [6, 6.07) is 4.60. The van der Waals surface area contributed by atoms with Crippen molar-refractivity contribution in [3.05, 3.63) is 34.9 Å². The minimum absolute atomic E-state index is 0.138. The molecule has 0 aromatic carbocycles. The highest BCUT2D eigenvalue weighted by molar-refractivity contribution is 6.35. The second kappa shape index (κ2) is 6.77. The zero-order valence-corrected chi connectivity index (χ0v) is 15.8. The van der Waals surface area contributed by atoms with Crippen LogP contribution in [0.15, 0.2) is 23.0 Å². The van der Waals surface area contributed by atoms with Crippen molar-refractivity contribution < 1.29 is 4.52 Å². The molecule has 3 aromatic rings. The first-order valence-corrected chi connectivity index (χ1v) is 9.44. The lowest BCUT2D eigenvalue weighted by atomic mass is 9.95. The van der Waals surface area contributed by atoms with Crippen LogP contribution in [0.4, 0.5) is 0 Å². The van der Waals surface area contributed by atoms with Crippen LogP contribution in [0, 0.1) is 31.1 Å². The topological polar surface area (TPSA) is 67.6 Å². The maximum absolute atomic E-state index is 9.38. The standard InChI is InChI=1S/C20H21ClN4O/c1-12-19(13(2)26-24-12)15-9-18-20(23-10-15)16(21)11-25(18)17(7-8-22)14-5-3-4-6-14/h9-11,14,17H,3-7H2,1-2H3. The van der Waals surface area contributed by atoms with Gasteiger partial charge in [-0.1, -0.05) is 29.6 Å². The molecule has 1 aliphatic carbocycles. The van der Waals surface area contributed by atoms with E-state index < -0.39 is 0 Å². The molecule has 134 valence electrons. The molecule has 5 nitrogen and oxygen atoms in total. The number of pyridine rings is 1. The number of nitrogens with zero attached hydrogens (tertiary/aromatic N) is 4. The second-order valence-corrected chi connectivity index (χ2v) is 7.56. The third-order valence-corrected chi connectivity index (χ3v) is 5.82. The first-order valence-electron chi connectivity index (χ1n) is 9.06. The van der Waals surface area contributed by atoms with Crippen LogP contribution in [0.25, 0.3) is 22.2 Å². The van der Waals surface area contributed by atoms with Crippen molar-refractivity contribution in [2.45, 2.75) is 52.0 Å². The molecule has 1 atom stereocenters. The molecule has 0 amide bonds. The Kier molecular flexibility index (Phi) is 4.46. The van der Waals surface area contributed by atoms with Crippen LogP contribution in [-0.4, -0.2) is 14.7 Å². The van der Waals surface area contributed by atoms with Gasteiger partial charge in [-0.05, 0) is 38.7 Å². The number of fused-ring (bicyclic) bond motifs is 1. The number of rotatable bonds is 4. The van der Waals surface area contributed by atoms with Crippen LogP contribution in [0.2, 0.25) is 5.02 Å². The summed E-state index contributed by atoms with van der Waals surface area (Å²) in [7, 11) is 0. The Morgan fingerprint density at radius 1 is 1.38 bits per heavy atom. The normalized spacial score (nSPS) is 16.2. The molecule has 3 heterocycles. The molecule has 0 aliphatic heterocycles. The van der Waals surface area contributed by atoms with E-state index in [1.807, 2.05) is 26.2 Å². The first-order chi connectivity index (χ1) is 12.6. The lowest BCUT2D eigenvalue weighted by Gasteiger charge is -2.23. The van der Waals surface area contributed by atoms with Crippen molar-refractivity contribution in [1.29, 1.82) is 5.26 Å². The zero-order chi connectivity index (χ0) is 18.3. The first kappa shape index (κ1) is 17.1. The predicted octanol–water partition coefficient (Wildman–Crippen LogP) is 5.61. The highest BCUT2D eigenvalue weighted by Crippen LogP contribution is 2.40. The van der Waals surface area contributed by atoms with Crippen LogP contribution in [-0.2, 0) is 0 Å². The van der Waals surface area contributed by atoms with E-state index in [1.54, 1.807) is 0 Å². The maximum atomic E-state index is 9.38. The minimum atomic E-state index is 0.138. The molecular formula is C20H21ClN4O. The van der Waals surface area contributed by atoms with Crippen molar-refractivity contribution in [2.24, 2.45) is 5.92 Å². The number of hydrogen-bond donors (Lipinski definition) is 0. The Morgan fingerprint density at radius 2 is 2.15 bits per heavy atom. The Balaban J connectivity index is 1.87. The molecule has 0 radical (unpaired) electrons. The molecule has 0 spiro atoms. The summed E-state index contributed by atoms with van der Waals surface area (Å²) in [6.07, 6.45) is 9.06. The summed E-state index contributed by atoms with van der Waals surface area (Å²) in [5.41, 5.74) is 4.54. The van der Waals surface area contributed by atoms with Gasteiger partial charge in [-0.15, -0.1) is 0 Å². The largest absolute Gasteiger partial charge is 0.361 e. The van der Waals surface area contributed by atoms with E-state index in [0.29, 0.717) is 17.4 Å². The average molecular weight is 369 g/mol. The molecule has 1 unspecified atom stereocenters. The van der Waals surface area contributed by atoms with E-state index in [4.69, 9.17) is 16.1 Å². The van der Waals surface area contributed by atoms with Crippen molar-refractivity contribution in [3.63, 3.8) is 0 Å². The van der Waals surface area contributed by atoms with Crippen molar-refractivity contribution in [1.82, 2.24) is 14.7 Å². The third-order valence-electron chi connectivity index (χ3n) is 5.55. The van der Waals surface area contributed by atoms with Gasteiger partial charge in [0.05, 0.1) is 28.7 Å². The van der Waals surface area contributed by atoms with Crippen molar-refractivity contribution in [3.8, 4) is 17.2 Å². The van der Waals surface area contributed by atoms with Gasteiger partial charge in [-0.2, -0.15) is 5.26 Å². The second-order valence-electron chi connectivity index (χ2n) is 7.15. The quantitative estimate of drug-likeness (QED) is 0.600. The van der Waals surface area contributed by atoms with E-state index >= 15 is 0 Å². The minimum Gasteiger partial charge on any atom is -0.361 e. The Labute approximate surface area is 157 Å². The predicted molar refractivity (Wildman–Crippen MR) is 101 cm³/mol. The Hall–Kier alpha value is -2.32. The van der Waals surface area contributed by atoms with Crippen molar-refractivity contribution >= 4 is 22.6 Å². The molecular weight excluding hydrogens is 348 g/mol. The number of aryl methyl sites for hydroxylation is 2. The number of aromatic nitrogens is 3. The highest BCUT2D eigenvalue weighted by Gasteiger charge is 2.28. The lowest BCUT2D eigenvalue weighted by molar-refractivity contribution is 0.347. The van der Waals surface area contributed by atoms with E-state index in [-0.39, 0.29) is 6.04 Å². The molecule has 0 saturated heterocycles. The summed E-state index contributed by atoms with van der Waals surface area (Å²) in [6.45, 7) is 3.83. The molecule has 0 N–H and O–H groups in total.